The first-order valence-electron chi connectivity index (χ1n) is 10.9. The van der Waals surface area contributed by atoms with Gasteiger partial charge in [-0.3, -0.25) is 9.79 Å². The zero-order valence-corrected chi connectivity index (χ0v) is 17.5. The monoisotopic (exact) mass is 380 g/mol. The van der Waals surface area contributed by atoms with Gasteiger partial charge in [0.15, 0.2) is 5.96 Å². The summed E-state index contributed by atoms with van der Waals surface area (Å²) in [6.45, 7) is 15.2. The molecule has 0 bridgehead atoms. The predicted molar refractivity (Wildman–Crippen MR) is 112 cm³/mol. The number of aliphatic imine (C=N–C) groups is 1. The van der Waals surface area contributed by atoms with Gasteiger partial charge in [-0.15, -0.1) is 0 Å². The van der Waals surface area contributed by atoms with E-state index in [9.17, 15) is 4.79 Å². The number of nitrogens with one attached hydrogen (secondary N) is 1. The van der Waals surface area contributed by atoms with E-state index in [1.807, 2.05) is 0 Å². The molecule has 1 atom stereocenters. The molecule has 1 amide bonds. The number of nitrogens with zero attached hydrogens (tertiary/aromatic N) is 4. The van der Waals surface area contributed by atoms with Crippen LogP contribution in [0.4, 0.5) is 0 Å². The first kappa shape index (κ1) is 22.0. The molecule has 0 saturated carbocycles. The first-order chi connectivity index (χ1) is 13.1. The third kappa shape index (κ3) is 8.05. The van der Waals surface area contributed by atoms with Gasteiger partial charge in [0.05, 0.1) is 0 Å². The number of hydrogen-bond acceptors (Lipinski definition) is 4. The van der Waals surface area contributed by atoms with Crippen LogP contribution >= 0.6 is 0 Å². The van der Waals surface area contributed by atoms with Crippen molar-refractivity contribution >= 4 is 11.9 Å². The summed E-state index contributed by atoms with van der Waals surface area (Å²) >= 11 is 0. The van der Waals surface area contributed by atoms with Gasteiger partial charge < -0.3 is 25.8 Å². The van der Waals surface area contributed by atoms with Gasteiger partial charge >= 0.3 is 0 Å². The van der Waals surface area contributed by atoms with Crippen molar-refractivity contribution in [2.24, 2.45) is 16.6 Å². The summed E-state index contributed by atoms with van der Waals surface area (Å²) in [5.74, 6) is 1.17. The van der Waals surface area contributed by atoms with Gasteiger partial charge in [-0.1, -0.05) is 6.92 Å². The number of likely N-dealkylation sites (tertiary alicyclic amines) is 1. The molecular formula is C20H40N6O. The normalized spacial score (nSPS) is 22.8. The number of carbonyl (C=O) groups is 1. The lowest BCUT2D eigenvalue weighted by Gasteiger charge is -2.35. The lowest BCUT2D eigenvalue weighted by Crippen LogP contribution is -2.47. The Morgan fingerprint density at radius 2 is 1.85 bits per heavy atom. The Morgan fingerprint density at radius 1 is 1.11 bits per heavy atom. The summed E-state index contributed by atoms with van der Waals surface area (Å²) in [4.78, 5) is 23.5. The van der Waals surface area contributed by atoms with Gasteiger partial charge in [0.25, 0.3) is 0 Å². The molecule has 7 nitrogen and oxygen atoms in total. The van der Waals surface area contributed by atoms with Crippen LogP contribution < -0.4 is 11.1 Å². The summed E-state index contributed by atoms with van der Waals surface area (Å²) in [6.07, 6.45) is 5.01. The van der Waals surface area contributed by atoms with E-state index in [0.717, 1.165) is 51.4 Å². The average Bonchev–Trinajstić information content (AvgIpc) is 2.67. The van der Waals surface area contributed by atoms with Crippen LogP contribution in [0.1, 0.15) is 46.0 Å². The van der Waals surface area contributed by atoms with Crippen molar-refractivity contribution in [3.05, 3.63) is 0 Å². The quantitative estimate of drug-likeness (QED) is 0.354. The minimum atomic E-state index is -0.191. The van der Waals surface area contributed by atoms with Gasteiger partial charge in [-0.2, -0.15) is 0 Å². The fraction of sp³-hybridized carbons (Fsp3) is 0.900. The summed E-state index contributed by atoms with van der Waals surface area (Å²) in [6, 6.07) is 0. The highest BCUT2D eigenvalue weighted by Gasteiger charge is 2.23. The average molecular weight is 381 g/mol. The molecule has 2 saturated heterocycles. The number of unbranched alkanes of at least 4 members (excludes halogenated alkanes) is 1. The topological polar surface area (TPSA) is 77.2 Å². The molecule has 7 heteroatoms. The molecule has 156 valence electrons. The highest BCUT2D eigenvalue weighted by molar-refractivity contribution is 5.80. The van der Waals surface area contributed by atoms with Crippen molar-refractivity contribution in [1.82, 2.24) is 20.0 Å². The second-order valence-corrected chi connectivity index (χ2v) is 7.84. The highest BCUT2D eigenvalue weighted by atomic mass is 16.1. The van der Waals surface area contributed by atoms with Crippen LogP contribution in [-0.2, 0) is 4.79 Å². The molecule has 1 unspecified atom stereocenters. The molecule has 2 heterocycles. The first-order valence-corrected chi connectivity index (χ1v) is 10.9. The van der Waals surface area contributed by atoms with Crippen LogP contribution in [0, 0.1) is 5.92 Å². The molecule has 0 radical (unpaired) electrons. The number of guanidine groups is 1. The lowest BCUT2D eigenvalue weighted by molar-refractivity contribution is -0.119. The van der Waals surface area contributed by atoms with E-state index in [0.29, 0.717) is 12.3 Å². The van der Waals surface area contributed by atoms with E-state index < -0.39 is 0 Å². The van der Waals surface area contributed by atoms with Crippen molar-refractivity contribution < 1.29 is 4.79 Å². The van der Waals surface area contributed by atoms with E-state index in [1.54, 1.807) is 0 Å². The summed E-state index contributed by atoms with van der Waals surface area (Å²) < 4.78 is 0. The smallest absolute Gasteiger partial charge is 0.217 e. The number of rotatable bonds is 9. The Kier molecular flexibility index (Phi) is 9.91. The predicted octanol–water partition coefficient (Wildman–Crippen LogP) is 0.957. The fourth-order valence-electron chi connectivity index (χ4n) is 4.10. The second kappa shape index (κ2) is 12.2. The van der Waals surface area contributed by atoms with E-state index in [1.165, 1.54) is 45.7 Å². The molecule has 3 N–H and O–H groups in total. The van der Waals surface area contributed by atoms with Crippen molar-refractivity contribution in [3.8, 4) is 0 Å². The van der Waals surface area contributed by atoms with Gasteiger partial charge in [0, 0.05) is 58.8 Å². The van der Waals surface area contributed by atoms with Crippen LogP contribution in [-0.4, -0.2) is 92.0 Å². The molecule has 2 fully saturated rings. The van der Waals surface area contributed by atoms with Crippen molar-refractivity contribution in [1.29, 1.82) is 0 Å². The van der Waals surface area contributed by atoms with E-state index in [2.05, 4.69) is 33.9 Å². The van der Waals surface area contributed by atoms with Gasteiger partial charge in [0.2, 0.25) is 5.91 Å². The third-order valence-corrected chi connectivity index (χ3v) is 5.70. The molecular weight excluding hydrogens is 340 g/mol. The molecule has 2 rings (SSSR count). The SMILES string of the molecule is CCNC(=NCCCCN1CCN(CC)CC1)N1CCCC(CC(N)=O)C1. The largest absolute Gasteiger partial charge is 0.370 e. The summed E-state index contributed by atoms with van der Waals surface area (Å²) in [5, 5.41) is 3.42. The van der Waals surface area contributed by atoms with Crippen molar-refractivity contribution in [2.45, 2.75) is 46.0 Å². The fourth-order valence-corrected chi connectivity index (χ4v) is 4.10. The van der Waals surface area contributed by atoms with E-state index in [4.69, 9.17) is 10.7 Å². The number of primary amides is 1. The molecule has 0 aliphatic carbocycles. The Hall–Kier alpha value is -1.34. The standard InChI is InChI=1S/C20H40N6O/c1-3-22-20(26-11-7-8-18(17-26)16-19(21)27)23-9-5-6-10-25-14-12-24(4-2)13-15-25/h18H,3-17H2,1-2H3,(H2,21,27)(H,22,23). The zero-order chi connectivity index (χ0) is 19.5. The Labute approximate surface area is 165 Å². The molecule has 27 heavy (non-hydrogen) atoms. The van der Waals surface area contributed by atoms with Crippen LogP contribution in [0.5, 0.6) is 0 Å². The maximum Gasteiger partial charge on any atom is 0.217 e. The van der Waals surface area contributed by atoms with E-state index >= 15 is 0 Å². The molecule has 2 aliphatic rings. The lowest BCUT2D eigenvalue weighted by atomic mass is 9.95. The molecule has 0 aromatic rings. The van der Waals surface area contributed by atoms with Crippen LogP contribution in [0.25, 0.3) is 0 Å². The number of piperidine rings is 1. The molecule has 0 aromatic heterocycles. The minimum Gasteiger partial charge on any atom is -0.370 e. The maximum absolute atomic E-state index is 11.2. The van der Waals surface area contributed by atoms with Crippen molar-refractivity contribution in [3.63, 3.8) is 0 Å². The third-order valence-electron chi connectivity index (χ3n) is 5.70. The number of carbonyl (C=O) groups excluding carboxylic acids is 1. The maximum atomic E-state index is 11.2. The number of piperazine rings is 1. The summed E-state index contributed by atoms with van der Waals surface area (Å²) in [7, 11) is 0. The van der Waals surface area contributed by atoms with Gasteiger partial charge in [-0.05, 0) is 51.6 Å². The van der Waals surface area contributed by atoms with Gasteiger partial charge in [0.1, 0.15) is 0 Å². The van der Waals surface area contributed by atoms with E-state index in [-0.39, 0.29) is 5.91 Å². The molecule has 0 aromatic carbocycles. The number of likely N-dealkylation sites (N-methyl/N-ethyl adjacent to an activating group) is 1. The number of nitrogens with two attached hydrogens (primary N) is 1. The van der Waals surface area contributed by atoms with Crippen LogP contribution in [0.2, 0.25) is 0 Å². The molecule has 0 spiro atoms. The summed E-state index contributed by atoms with van der Waals surface area (Å²) in [5.41, 5.74) is 5.38. The minimum absolute atomic E-state index is 0.191. The Balaban J connectivity index is 1.70. The Morgan fingerprint density at radius 3 is 2.52 bits per heavy atom. The number of amides is 1. The van der Waals surface area contributed by atoms with Crippen LogP contribution in [0.15, 0.2) is 4.99 Å². The molecule has 2 aliphatic heterocycles. The van der Waals surface area contributed by atoms with Gasteiger partial charge in [-0.25, -0.2) is 0 Å². The Bertz CT molecular complexity index is 461. The van der Waals surface area contributed by atoms with Crippen molar-refractivity contribution in [2.75, 3.05) is 65.4 Å². The van der Waals surface area contributed by atoms with Crippen LogP contribution in [0.3, 0.4) is 0 Å². The number of hydrogen-bond donors (Lipinski definition) is 2. The highest BCUT2D eigenvalue weighted by Crippen LogP contribution is 2.19. The zero-order valence-electron chi connectivity index (χ0n) is 17.5. The second-order valence-electron chi connectivity index (χ2n) is 7.84.